The van der Waals surface area contributed by atoms with Crippen LogP contribution in [-0.4, -0.2) is 59.2 Å². The maximum atomic E-state index is 9.39. The molecule has 0 spiro atoms. The number of hydrogen-bond donors (Lipinski definition) is 2. The molecule has 5 rings (SSSR count). The van der Waals surface area contributed by atoms with Gasteiger partial charge in [-0.15, -0.1) is 0 Å². The predicted octanol–water partition coefficient (Wildman–Crippen LogP) is 3.80. The normalized spacial score (nSPS) is 15.4. The number of ether oxygens (including phenoxy) is 2. The van der Waals surface area contributed by atoms with E-state index in [1.54, 1.807) is 26.6 Å². The Morgan fingerprint density at radius 2 is 2.00 bits per heavy atom. The van der Waals surface area contributed by atoms with Crippen LogP contribution in [0.5, 0.6) is 11.6 Å². The van der Waals surface area contributed by atoms with Crippen LogP contribution >= 0.6 is 0 Å². The third kappa shape index (κ3) is 3.09. The Kier molecular flexibility index (Phi) is 4.75. The van der Waals surface area contributed by atoms with Crippen molar-refractivity contribution < 1.29 is 9.47 Å². The second-order valence-electron chi connectivity index (χ2n) is 7.99. The SMILES string of the molecule is COc1ncc2c(C#N)c[nH]c2c1-c1nc2c(OC)c(C3CCN(C)CC3)ccc2[nH]1. The van der Waals surface area contributed by atoms with Crippen LogP contribution in [0.3, 0.4) is 0 Å². The van der Waals surface area contributed by atoms with Gasteiger partial charge in [-0.2, -0.15) is 5.26 Å². The fraction of sp³-hybridized carbons (Fsp3) is 0.348. The third-order valence-electron chi connectivity index (χ3n) is 6.25. The van der Waals surface area contributed by atoms with E-state index in [4.69, 9.17) is 14.5 Å². The van der Waals surface area contributed by atoms with Crippen molar-refractivity contribution in [3.8, 4) is 29.1 Å². The standard InChI is InChI=1S/C23H24N6O2/c1-29-8-6-13(7-9-29)15-4-5-17-20(21(15)30-2)28-22(27-17)18-19-16(12-26-23(18)31-3)14(10-24)11-25-19/h4-5,11-13,25H,6-9H2,1-3H3,(H,27,28). The van der Waals surface area contributed by atoms with Crippen molar-refractivity contribution in [1.82, 2.24) is 24.8 Å². The van der Waals surface area contributed by atoms with Crippen molar-refractivity contribution in [1.29, 1.82) is 5.26 Å². The highest BCUT2D eigenvalue weighted by atomic mass is 16.5. The average Bonchev–Trinajstić information content (AvgIpc) is 3.42. The molecular weight excluding hydrogens is 392 g/mol. The minimum Gasteiger partial charge on any atom is -0.494 e. The lowest BCUT2D eigenvalue weighted by molar-refractivity contribution is 0.253. The minimum absolute atomic E-state index is 0.437. The number of imidazole rings is 1. The van der Waals surface area contributed by atoms with Crippen molar-refractivity contribution in [2.75, 3.05) is 34.4 Å². The van der Waals surface area contributed by atoms with Crippen molar-refractivity contribution in [3.05, 3.63) is 35.7 Å². The molecule has 3 aromatic heterocycles. The molecule has 4 aromatic rings. The summed E-state index contributed by atoms with van der Waals surface area (Å²) >= 11 is 0. The van der Waals surface area contributed by atoms with E-state index in [-0.39, 0.29) is 0 Å². The number of hydrogen-bond acceptors (Lipinski definition) is 6. The zero-order chi connectivity index (χ0) is 21.5. The quantitative estimate of drug-likeness (QED) is 0.524. The summed E-state index contributed by atoms with van der Waals surface area (Å²) in [5.74, 6) is 2.33. The molecule has 0 unspecified atom stereocenters. The Morgan fingerprint density at radius 3 is 2.71 bits per heavy atom. The predicted molar refractivity (Wildman–Crippen MR) is 118 cm³/mol. The largest absolute Gasteiger partial charge is 0.494 e. The highest BCUT2D eigenvalue weighted by Gasteiger charge is 2.25. The summed E-state index contributed by atoms with van der Waals surface area (Å²) in [7, 11) is 5.44. The van der Waals surface area contributed by atoms with Gasteiger partial charge in [0.15, 0.2) is 0 Å². The Labute approximate surface area is 179 Å². The third-order valence-corrected chi connectivity index (χ3v) is 6.25. The molecule has 2 N–H and O–H groups in total. The first-order valence-electron chi connectivity index (χ1n) is 10.3. The van der Waals surface area contributed by atoms with Gasteiger partial charge in [0.1, 0.15) is 28.7 Å². The topological polar surface area (TPSA) is 103 Å². The number of rotatable bonds is 4. The van der Waals surface area contributed by atoms with Gasteiger partial charge >= 0.3 is 0 Å². The number of benzene rings is 1. The van der Waals surface area contributed by atoms with Crippen LogP contribution in [0.2, 0.25) is 0 Å². The molecule has 1 aliphatic heterocycles. The van der Waals surface area contributed by atoms with E-state index < -0.39 is 0 Å². The van der Waals surface area contributed by atoms with Gasteiger partial charge in [-0.05, 0) is 50.5 Å². The fourth-order valence-corrected chi connectivity index (χ4v) is 4.58. The minimum atomic E-state index is 0.437. The number of piperidine rings is 1. The van der Waals surface area contributed by atoms with Crippen LogP contribution in [0.4, 0.5) is 0 Å². The highest BCUT2D eigenvalue weighted by molar-refractivity contribution is 5.99. The molecule has 0 saturated carbocycles. The number of aromatic amines is 2. The molecule has 0 bridgehead atoms. The molecule has 0 atom stereocenters. The number of nitrogens with zero attached hydrogens (tertiary/aromatic N) is 4. The first kappa shape index (κ1) is 19.4. The van der Waals surface area contributed by atoms with E-state index in [0.717, 1.165) is 53.6 Å². The van der Waals surface area contributed by atoms with E-state index in [9.17, 15) is 5.26 Å². The smallest absolute Gasteiger partial charge is 0.226 e. The summed E-state index contributed by atoms with van der Waals surface area (Å²) in [6.45, 7) is 2.16. The van der Waals surface area contributed by atoms with E-state index in [0.29, 0.717) is 28.7 Å². The first-order chi connectivity index (χ1) is 15.1. The molecule has 1 aromatic carbocycles. The summed E-state index contributed by atoms with van der Waals surface area (Å²) < 4.78 is 11.4. The molecule has 0 aliphatic carbocycles. The van der Waals surface area contributed by atoms with Gasteiger partial charge in [0, 0.05) is 17.8 Å². The van der Waals surface area contributed by atoms with Crippen LogP contribution in [0.1, 0.15) is 29.9 Å². The van der Waals surface area contributed by atoms with Gasteiger partial charge in [-0.25, -0.2) is 9.97 Å². The van der Waals surface area contributed by atoms with Gasteiger partial charge in [0.2, 0.25) is 5.88 Å². The van der Waals surface area contributed by atoms with Crippen LogP contribution in [-0.2, 0) is 0 Å². The molecule has 158 valence electrons. The second-order valence-corrected chi connectivity index (χ2v) is 7.99. The van der Waals surface area contributed by atoms with Crippen LogP contribution in [0.15, 0.2) is 24.5 Å². The van der Waals surface area contributed by atoms with Gasteiger partial charge < -0.3 is 24.3 Å². The van der Waals surface area contributed by atoms with Crippen LogP contribution in [0, 0.1) is 11.3 Å². The van der Waals surface area contributed by atoms with Crippen molar-refractivity contribution in [2.24, 2.45) is 0 Å². The van der Waals surface area contributed by atoms with E-state index in [2.05, 4.69) is 45.1 Å². The Bertz CT molecular complexity index is 1310. The maximum Gasteiger partial charge on any atom is 0.226 e. The van der Waals surface area contributed by atoms with Gasteiger partial charge in [-0.3, -0.25) is 0 Å². The Hall–Kier alpha value is -3.57. The number of nitriles is 1. The summed E-state index contributed by atoms with van der Waals surface area (Å²) in [6, 6.07) is 6.41. The molecule has 31 heavy (non-hydrogen) atoms. The number of aromatic nitrogens is 4. The first-order valence-corrected chi connectivity index (χ1v) is 10.3. The van der Waals surface area contributed by atoms with Crippen molar-refractivity contribution in [3.63, 3.8) is 0 Å². The van der Waals surface area contributed by atoms with Gasteiger partial charge in [0.05, 0.1) is 30.8 Å². The van der Waals surface area contributed by atoms with Crippen LogP contribution < -0.4 is 9.47 Å². The monoisotopic (exact) mass is 416 g/mol. The number of likely N-dealkylation sites (tertiary alicyclic amines) is 1. The molecule has 1 aliphatic rings. The zero-order valence-corrected chi connectivity index (χ0v) is 17.8. The second kappa shape index (κ2) is 7.60. The number of pyridine rings is 1. The molecule has 4 heterocycles. The number of methoxy groups -OCH3 is 2. The Balaban J connectivity index is 1.68. The van der Waals surface area contributed by atoms with E-state index in [1.807, 2.05) is 0 Å². The van der Waals surface area contributed by atoms with E-state index >= 15 is 0 Å². The summed E-state index contributed by atoms with van der Waals surface area (Å²) in [5.41, 5.74) is 4.87. The van der Waals surface area contributed by atoms with E-state index in [1.165, 1.54) is 5.56 Å². The van der Waals surface area contributed by atoms with Crippen molar-refractivity contribution >= 4 is 21.9 Å². The summed E-state index contributed by atoms with van der Waals surface area (Å²) in [5, 5.41) is 10.1. The zero-order valence-electron chi connectivity index (χ0n) is 17.8. The van der Waals surface area contributed by atoms with Crippen molar-refractivity contribution in [2.45, 2.75) is 18.8 Å². The average molecular weight is 416 g/mol. The molecule has 1 fully saturated rings. The van der Waals surface area contributed by atoms with Gasteiger partial charge in [0.25, 0.3) is 0 Å². The Morgan fingerprint density at radius 1 is 1.19 bits per heavy atom. The molecule has 8 nitrogen and oxygen atoms in total. The maximum absolute atomic E-state index is 9.39. The lowest BCUT2D eigenvalue weighted by Crippen LogP contribution is -2.29. The van der Waals surface area contributed by atoms with Gasteiger partial charge in [-0.1, -0.05) is 6.07 Å². The van der Waals surface area contributed by atoms with Crippen LogP contribution in [0.25, 0.3) is 33.3 Å². The highest BCUT2D eigenvalue weighted by Crippen LogP contribution is 2.40. The molecular formula is C23H24N6O2. The fourth-order valence-electron chi connectivity index (χ4n) is 4.58. The summed E-state index contributed by atoms with van der Waals surface area (Å²) in [6.07, 6.45) is 5.53. The number of H-pyrrole nitrogens is 2. The number of nitrogens with one attached hydrogen (secondary N) is 2. The number of fused-ring (bicyclic) bond motifs is 2. The molecule has 0 amide bonds. The summed E-state index contributed by atoms with van der Waals surface area (Å²) in [4.78, 5) is 18.2. The molecule has 8 heteroatoms. The lowest BCUT2D eigenvalue weighted by atomic mass is 9.88. The lowest BCUT2D eigenvalue weighted by Gasteiger charge is -2.30. The molecule has 0 radical (unpaired) electrons. The molecule has 1 saturated heterocycles.